The molecule has 0 saturated heterocycles. The summed E-state index contributed by atoms with van der Waals surface area (Å²) in [6, 6.07) is 4.09. The van der Waals surface area contributed by atoms with Gasteiger partial charge in [-0.2, -0.15) is 15.0 Å². The largest absolute Gasteiger partial charge is 0.464 e. The number of anilines is 2. The molecule has 2 N–H and O–H groups in total. The number of nitrogen functional groups attached to an aromatic ring is 1. The monoisotopic (exact) mass is 277 g/mol. The van der Waals surface area contributed by atoms with Gasteiger partial charge in [-0.05, 0) is 25.5 Å². The topological polar surface area (TPSA) is 90.3 Å². The maximum Gasteiger partial charge on any atom is 0.323 e. The smallest absolute Gasteiger partial charge is 0.323 e. The number of aryl methyl sites for hydroxylation is 1. The summed E-state index contributed by atoms with van der Waals surface area (Å²) in [4.78, 5) is 14.1. The SMILES string of the molecule is CCCOc1nc(N)nc(N(C)Cc2ccc(C)o2)n1. The Morgan fingerprint density at radius 1 is 1.30 bits per heavy atom. The molecule has 20 heavy (non-hydrogen) atoms. The number of nitrogens with two attached hydrogens (primary N) is 1. The summed E-state index contributed by atoms with van der Waals surface area (Å²) >= 11 is 0. The van der Waals surface area contributed by atoms with Gasteiger partial charge in [0.05, 0.1) is 13.2 Å². The first-order valence-corrected chi connectivity index (χ1v) is 6.49. The van der Waals surface area contributed by atoms with Crippen molar-refractivity contribution in [3.8, 4) is 6.01 Å². The van der Waals surface area contributed by atoms with Gasteiger partial charge >= 0.3 is 6.01 Å². The van der Waals surface area contributed by atoms with Crippen molar-refractivity contribution in [2.24, 2.45) is 0 Å². The number of ether oxygens (including phenoxy) is 1. The molecule has 2 rings (SSSR count). The van der Waals surface area contributed by atoms with Gasteiger partial charge in [-0.15, -0.1) is 0 Å². The van der Waals surface area contributed by atoms with Crippen LogP contribution in [0.2, 0.25) is 0 Å². The minimum Gasteiger partial charge on any atom is -0.464 e. The molecule has 0 amide bonds. The van der Waals surface area contributed by atoms with Crippen LogP contribution in [0.25, 0.3) is 0 Å². The predicted molar refractivity (Wildman–Crippen MR) is 75.6 cm³/mol. The minimum absolute atomic E-state index is 0.142. The van der Waals surface area contributed by atoms with Crippen molar-refractivity contribution in [3.05, 3.63) is 23.7 Å². The number of furan rings is 1. The first kappa shape index (κ1) is 14.1. The molecule has 0 saturated carbocycles. The number of rotatable bonds is 6. The Morgan fingerprint density at radius 3 is 2.75 bits per heavy atom. The molecular formula is C13H19N5O2. The zero-order valence-corrected chi connectivity index (χ0v) is 12.0. The lowest BCUT2D eigenvalue weighted by Crippen LogP contribution is -2.20. The number of aromatic nitrogens is 3. The molecule has 0 spiro atoms. The molecule has 2 aromatic rings. The molecule has 0 radical (unpaired) electrons. The summed E-state index contributed by atoms with van der Waals surface area (Å²) in [6.45, 7) is 5.01. The van der Waals surface area contributed by atoms with E-state index in [1.807, 2.05) is 37.9 Å². The van der Waals surface area contributed by atoms with E-state index in [2.05, 4.69) is 15.0 Å². The summed E-state index contributed by atoms with van der Waals surface area (Å²) in [5.41, 5.74) is 5.67. The molecule has 0 fully saturated rings. The van der Waals surface area contributed by atoms with Crippen LogP contribution in [0.4, 0.5) is 11.9 Å². The highest BCUT2D eigenvalue weighted by molar-refractivity contribution is 5.35. The summed E-state index contributed by atoms with van der Waals surface area (Å²) in [6.07, 6.45) is 0.877. The molecule has 0 bridgehead atoms. The second-order valence-corrected chi connectivity index (χ2v) is 4.49. The standard InChI is InChI=1S/C13H19N5O2/c1-4-7-19-13-16-11(14)15-12(17-13)18(3)8-10-6-5-9(2)20-10/h5-6H,4,7-8H2,1-3H3,(H2,14,15,16,17). The van der Waals surface area contributed by atoms with Crippen LogP contribution < -0.4 is 15.4 Å². The molecular weight excluding hydrogens is 258 g/mol. The Labute approximate surface area is 117 Å². The summed E-state index contributed by atoms with van der Waals surface area (Å²) < 4.78 is 10.9. The van der Waals surface area contributed by atoms with Gasteiger partial charge in [0.25, 0.3) is 0 Å². The molecule has 2 aromatic heterocycles. The van der Waals surface area contributed by atoms with Gasteiger partial charge in [0, 0.05) is 7.05 Å². The van der Waals surface area contributed by atoms with E-state index < -0.39 is 0 Å². The molecule has 0 atom stereocenters. The summed E-state index contributed by atoms with van der Waals surface area (Å²) in [7, 11) is 1.86. The van der Waals surface area contributed by atoms with Gasteiger partial charge in [0.2, 0.25) is 11.9 Å². The summed E-state index contributed by atoms with van der Waals surface area (Å²) in [5.74, 6) is 2.30. The number of hydrogen-bond acceptors (Lipinski definition) is 7. The Bertz CT molecular complexity index is 570. The van der Waals surface area contributed by atoms with E-state index in [0.717, 1.165) is 17.9 Å². The molecule has 7 heteroatoms. The zero-order valence-electron chi connectivity index (χ0n) is 12.0. The van der Waals surface area contributed by atoms with Crippen LogP contribution in [0, 0.1) is 6.92 Å². The number of nitrogens with zero attached hydrogens (tertiary/aromatic N) is 4. The molecule has 0 aliphatic rings. The van der Waals surface area contributed by atoms with Crippen LogP contribution in [0.3, 0.4) is 0 Å². The first-order chi connectivity index (χ1) is 9.58. The van der Waals surface area contributed by atoms with Crippen LogP contribution >= 0.6 is 0 Å². The van der Waals surface area contributed by atoms with Gasteiger partial charge in [-0.25, -0.2) is 0 Å². The maximum atomic E-state index is 5.67. The molecule has 0 aliphatic carbocycles. The Balaban J connectivity index is 2.12. The highest BCUT2D eigenvalue weighted by Crippen LogP contribution is 2.16. The fourth-order valence-electron chi connectivity index (χ4n) is 1.66. The van der Waals surface area contributed by atoms with Crippen LogP contribution in [-0.2, 0) is 6.54 Å². The highest BCUT2D eigenvalue weighted by Gasteiger charge is 2.11. The second-order valence-electron chi connectivity index (χ2n) is 4.49. The average molecular weight is 277 g/mol. The van der Waals surface area contributed by atoms with E-state index in [4.69, 9.17) is 14.9 Å². The molecule has 0 aliphatic heterocycles. The third-order valence-corrected chi connectivity index (χ3v) is 2.59. The Morgan fingerprint density at radius 2 is 2.10 bits per heavy atom. The fraction of sp³-hybridized carbons (Fsp3) is 0.462. The maximum absolute atomic E-state index is 5.67. The van der Waals surface area contributed by atoms with E-state index in [1.165, 1.54) is 0 Å². The van der Waals surface area contributed by atoms with E-state index in [0.29, 0.717) is 19.1 Å². The molecule has 108 valence electrons. The van der Waals surface area contributed by atoms with Crippen molar-refractivity contribution in [2.75, 3.05) is 24.3 Å². The lowest BCUT2D eigenvalue weighted by molar-refractivity contribution is 0.292. The third kappa shape index (κ3) is 3.59. The average Bonchev–Trinajstić information content (AvgIpc) is 2.81. The molecule has 0 unspecified atom stereocenters. The van der Waals surface area contributed by atoms with Gasteiger partial charge in [-0.1, -0.05) is 6.92 Å². The molecule has 2 heterocycles. The van der Waals surface area contributed by atoms with Crippen LogP contribution in [0.5, 0.6) is 6.01 Å². The third-order valence-electron chi connectivity index (χ3n) is 2.59. The summed E-state index contributed by atoms with van der Waals surface area (Å²) in [5, 5.41) is 0. The van der Waals surface area contributed by atoms with Crippen molar-refractivity contribution < 1.29 is 9.15 Å². The van der Waals surface area contributed by atoms with E-state index in [-0.39, 0.29) is 12.0 Å². The molecule has 7 nitrogen and oxygen atoms in total. The Hall–Kier alpha value is -2.31. The second kappa shape index (κ2) is 6.23. The quantitative estimate of drug-likeness (QED) is 0.860. The van der Waals surface area contributed by atoms with Gasteiger partial charge in [-0.3, -0.25) is 0 Å². The highest BCUT2D eigenvalue weighted by atomic mass is 16.5. The van der Waals surface area contributed by atoms with Crippen molar-refractivity contribution >= 4 is 11.9 Å². The lowest BCUT2D eigenvalue weighted by Gasteiger charge is -2.16. The normalized spacial score (nSPS) is 10.6. The van der Waals surface area contributed by atoms with Crippen LogP contribution in [0.15, 0.2) is 16.5 Å². The minimum atomic E-state index is 0.142. The van der Waals surface area contributed by atoms with E-state index >= 15 is 0 Å². The van der Waals surface area contributed by atoms with Crippen LogP contribution in [-0.4, -0.2) is 28.6 Å². The predicted octanol–water partition coefficient (Wildman–Crippen LogP) is 1.78. The number of hydrogen-bond donors (Lipinski definition) is 1. The van der Waals surface area contributed by atoms with E-state index in [1.54, 1.807) is 0 Å². The van der Waals surface area contributed by atoms with E-state index in [9.17, 15) is 0 Å². The Kier molecular flexibility index (Phi) is 4.39. The van der Waals surface area contributed by atoms with Gasteiger partial charge in [0.1, 0.15) is 11.5 Å². The van der Waals surface area contributed by atoms with Gasteiger partial charge < -0.3 is 19.8 Å². The molecule has 0 aromatic carbocycles. The fourth-order valence-corrected chi connectivity index (χ4v) is 1.66. The lowest BCUT2D eigenvalue weighted by atomic mass is 10.4. The van der Waals surface area contributed by atoms with Gasteiger partial charge in [0.15, 0.2) is 0 Å². The van der Waals surface area contributed by atoms with Crippen molar-refractivity contribution in [3.63, 3.8) is 0 Å². The van der Waals surface area contributed by atoms with Crippen molar-refractivity contribution in [2.45, 2.75) is 26.8 Å². The van der Waals surface area contributed by atoms with Crippen molar-refractivity contribution in [1.29, 1.82) is 0 Å². The first-order valence-electron chi connectivity index (χ1n) is 6.49. The zero-order chi connectivity index (χ0) is 14.5. The van der Waals surface area contributed by atoms with Crippen molar-refractivity contribution in [1.82, 2.24) is 15.0 Å². The van der Waals surface area contributed by atoms with Crippen LogP contribution in [0.1, 0.15) is 24.9 Å².